The number of aromatic amines is 2. The third kappa shape index (κ3) is 2.99. The zero-order valence-corrected chi connectivity index (χ0v) is 13.4. The summed E-state index contributed by atoms with van der Waals surface area (Å²) >= 11 is 0. The molecular formula is C18H19N3O3. The van der Waals surface area contributed by atoms with E-state index in [4.69, 9.17) is 4.42 Å². The van der Waals surface area contributed by atoms with Crippen LogP contribution in [-0.4, -0.2) is 15.9 Å². The van der Waals surface area contributed by atoms with Crippen molar-refractivity contribution in [1.29, 1.82) is 0 Å². The molecule has 1 amide bonds. The molecule has 0 spiro atoms. The smallest absolute Gasteiger partial charge is 0.323 e. The van der Waals surface area contributed by atoms with E-state index >= 15 is 0 Å². The van der Waals surface area contributed by atoms with Gasteiger partial charge in [0.2, 0.25) is 5.91 Å². The molecule has 24 heavy (non-hydrogen) atoms. The van der Waals surface area contributed by atoms with Gasteiger partial charge in [-0.25, -0.2) is 4.79 Å². The molecule has 1 aliphatic carbocycles. The van der Waals surface area contributed by atoms with E-state index < -0.39 is 0 Å². The van der Waals surface area contributed by atoms with Gasteiger partial charge in [0, 0.05) is 24.4 Å². The molecule has 2 atom stereocenters. The number of benzene rings is 1. The molecule has 1 saturated carbocycles. The molecule has 2 heterocycles. The second-order valence-corrected chi connectivity index (χ2v) is 6.51. The molecule has 124 valence electrons. The van der Waals surface area contributed by atoms with Crippen molar-refractivity contribution >= 4 is 22.6 Å². The van der Waals surface area contributed by atoms with Gasteiger partial charge in [-0.2, -0.15) is 0 Å². The average Bonchev–Trinajstić information content (AvgIpc) is 2.97. The summed E-state index contributed by atoms with van der Waals surface area (Å²) in [6.07, 6.45) is 2.13. The standard InChI is InChI=1S/C18H19N3O3/c1-10-8-13(10)16-6-3-12(24-16)4-7-17(22)19-11-2-5-14-15(9-11)21-18(23)20-14/h2-3,5-6,9-10,13H,4,7-8H2,1H3,(H,19,22)(H2,20,21,23)/t10-,13+/m1/s1. The minimum atomic E-state index is -0.257. The van der Waals surface area contributed by atoms with Gasteiger partial charge in [0.15, 0.2) is 0 Å². The number of aromatic nitrogens is 2. The normalized spacial score (nSPS) is 19.5. The van der Waals surface area contributed by atoms with Crippen LogP contribution in [0.2, 0.25) is 0 Å². The second kappa shape index (κ2) is 5.70. The van der Waals surface area contributed by atoms with E-state index in [0.29, 0.717) is 35.9 Å². The van der Waals surface area contributed by atoms with Crippen molar-refractivity contribution in [3.05, 3.63) is 52.3 Å². The summed E-state index contributed by atoms with van der Waals surface area (Å²) in [7, 11) is 0. The number of rotatable bonds is 5. The topological polar surface area (TPSA) is 90.9 Å². The molecule has 1 fully saturated rings. The Morgan fingerprint density at radius 2 is 2.04 bits per heavy atom. The first-order valence-corrected chi connectivity index (χ1v) is 8.19. The molecule has 4 rings (SSSR count). The fraction of sp³-hybridized carbons (Fsp3) is 0.333. The number of H-pyrrole nitrogens is 2. The van der Waals surface area contributed by atoms with Gasteiger partial charge in [0.25, 0.3) is 0 Å². The number of hydrogen-bond donors (Lipinski definition) is 3. The summed E-state index contributed by atoms with van der Waals surface area (Å²) in [5.41, 5.74) is 1.80. The van der Waals surface area contributed by atoms with Crippen molar-refractivity contribution < 1.29 is 9.21 Å². The van der Waals surface area contributed by atoms with Gasteiger partial charge >= 0.3 is 5.69 Å². The van der Waals surface area contributed by atoms with Crippen LogP contribution in [0.15, 0.2) is 39.5 Å². The number of furan rings is 1. The number of amides is 1. The number of carbonyl (C=O) groups excluding carboxylic acids is 1. The molecule has 2 aromatic heterocycles. The van der Waals surface area contributed by atoms with Crippen LogP contribution >= 0.6 is 0 Å². The van der Waals surface area contributed by atoms with Crippen LogP contribution in [0.3, 0.4) is 0 Å². The molecule has 6 nitrogen and oxygen atoms in total. The number of aryl methyl sites for hydroxylation is 1. The Morgan fingerprint density at radius 3 is 2.83 bits per heavy atom. The molecule has 1 aliphatic rings. The Labute approximate surface area is 138 Å². The van der Waals surface area contributed by atoms with E-state index in [1.807, 2.05) is 12.1 Å². The van der Waals surface area contributed by atoms with Gasteiger partial charge < -0.3 is 19.7 Å². The van der Waals surface area contributed by atoms with Crippen LogP contribution in [-0.2, 0) is 11.2 Å². The number of imidazole rings is 1. The monoisotopic (exact) mass is 325 g/mol. The minimum Gasteiger partial charge on any atom is -0.466 e. The summed E-state index contributed by atoms with van der Waals surface area (Å²) in [6.45, 7) is 2.22. The molecule has 1 aromatic carbocycles. The lowest BCUT2D eigenvalue weighted by Crippen LogP contribution is -2.12. The lowest BCUT2D eigenvalue weighted by molar-refractivity contribution is -0.116. The number of nitrogens with one attached hydrogen (secondary N) is 3. The highest BCUT2D eigenvalue weighted by molar-refractivity contribution is 5.93. The fourth-order valence-electron chi connectivity index (χ4n) is 3.02. The lowest BCUT2D eigenvalue weighted by atomic mass is 10.2. The van der Waals surface area contributed by atoms with Crippen LogP contribution in [0.25, 0.3) is 11.0 Å². The van der Waals surface area contributed by atoms with Gasteiger partial charge in [-0.15, -0.1) is 0 Å². The van der Waals surface area contributed by atoms with E-state index in [2.05, 4.69) is 22.2 Å². The Hall–Kier alpha value is -2.76. The number of carbonyl (C=O) groups is 1. The van der Waals surface area contributed by atoms with Crippen molar-refractivity contribution in [3.63, 3.8) is 0 Å². The molecule has 0 unspecified atom stereocenters. The summed E-state index contributed by atoms with van der Waals surface area (Å²) in [5.74, 6) is 3.08. The largest absolute Gasteiger partial charge is 0.466 e. The molecule has 0 bridgehead atoms. The van der Waals surface area contributed by atoms with Crippen molar-refractivity contribution in [3.8, 4) is 0 Å². The van der Waals surface area contributed by atoms with Crippen molar-refractivity contribution in [2.24, 2.45) is 5.92 Å². The van der Waals surface area contributed by atoms with E-state index in [1.165, 1.54) is 6.42 Å². The predicted octanol–water partition coefficient (Wildman–Crippen LogP) is 3.14. The first-order chi connectivity index (χ1) is 11.6. The number of hydrogen-bond acceptors (Lipinski definition) is 3. The molecule has 0 aliphatic heterocycles. The Balaban J connectivity index is 1.35. The first-order valence-electron chi connectivity index (χ1n) is 8.19. The van der Waals surface area contributed by atoms with Crippen LogP contribution in [0.5, 0.6) is 0 Å². The lowest BCUT2D eigenvalue weighted by Gasteiger charge is -2.04. The maximum Gasteiger partial charge on any atom is 0.323 e. The first kappa shape index (κ1) is 14.8. The van der Waals surface area contributed by atoms with Gasteiger partial charge in [-0.3, -0.25) is 4.79 Å². The summed E-state index contributed by atoms with van der Waals surface area (Å²) in [5, 5.41) is 2.85. The van der Waals surface area contributed by atoms with Crippen LogP contribution in [0.1, 0.15) is 37.2 Å². The third-order valence-electron chi connectivity index (χ3n) is 4.56. The molecule has 6 heteroatoms. The van der Waals surface area contributed by atoms with Gasteiger partial charge in [0.05, 0.1) is 11.0 Å². The van der Waals surface area contributed by atoms with Crippen molar-refractivity contribution in [2.45, 2.75) is 32.1 Å². The van der Waals surface area contributed by atoms with E-state index in [0.717, 1.165) is 17.0 Å². The molecule has 0 saturated heterocycles. The average molecular weight is 325 g/mol. The van der Waals surface area contributed by atoms with Gasteiger partial charge in [0.1, 0.15) is 11.5 Å². The Bertz CT molecular complexity index is 950. The number of anilines is 1. The molecular weight excluding hydrogens is 306 g/mol. The van der Waals surface area contributed by atoms with Crippen molar-refractivity contribution in [2.75, 3.05) is 5.32 Å². The third-order valence-corrected chi connectivity index (χ3v) is 4.56. The zero-order chi connectivity index (χ0) is 16.7. The highest BCUT2D eigenvalue weighted by atomic mass is 16.3. The van der Waals surface area contributed by atoms with Crippen LogP contribution in [0.4, 0.5) is 5.69 Å². The minimum absolute atomic E-state index is 0.0787. The van der Waals surface area contributed by atoms with Gasteiger partial charge in [-0.05, 0) is 42.7 Å². The summed E-state index contributed by atoms with van der Waals surface area (Å²) < 4.78 is 5.82. The highest BCUT2D eigenvalue weighted by Crippen LogP contribution is 2.47. The van der Waals surface area contributed by atoms with Crippen LogP contribution in [0, 0.1) is 5.92 Å². The van der Waals surface area contributed by atoms with Gasteiger partial charge in [-0.1, -0.05) is 6.92 Å². The Morgan fingerprint density at radius 1 is 1.25 bits per heavy atom. The van der Waals surface area contributed by atoms with E-state index in [-0.39, 0.29) is 11.6 Å². The van der Waals surface area contributed by atoms with Crippen molar-refractivity contribution in [1.82, 2.24) is 9.97 Å². The SMILES string of the molecule is C[C@@H]1C[C@@H]1c1ccc(CCC(=O)Nc2ccc3[nH]c(=O)[nH]c3c2)o1. The summed E-state index contributed by atoms with van der Waals surface area (Å²) in [6, 6.07) is 9.26. The summed E-state index contributed by atoms with van der Waals surface area (Å²) in [4.78, 5) is 28.7. The molecule has 0 radical (unpaired) electrons. The van der Waals surface area contributed by atoms with E-state index in [1.54, 1.807) is 18.2 Å². The predicted molar refractivity (Wildman–Crippen MR) is 91.1 cm³/mol. The number of fused-ring (bicyclic) bond motifs is 1. The Kier molecular flexibility index (Phi) is 3.52. The maximum atomic E-state index is 12.1. The zero-order valence-electron chi connectivity index (χ0n) is 13.4. The maximum absolute atomic E-state index is 12.1. The quantitative estimate of drug-likeness (QED) is 0.673. The van der Waals surface area contributed by atoms with E-state index in [9.17, 15) is 9.59 Å². The second-order valence-electron chi connectivity index (χ2n) is 6.51. The fourth-order valence-corrected chi connectivity index (χ4v) is 3.02. The molecule has 3 aromatic rings. The highest BCUT2D eigenvalue weighted by Gasteiger charge is 2.36. The molecule has 3 N–H and O–H groups in total. The van der Waals surface area contributed by atoms with Crippen LogP contribution < -0.4 is 11.0 Å².